The topological polar surface area (TPSA) is 49.6 Å². The van der Waals surface area contributed by atoms with Crippen LogP contribution in [0, 0.1) is 0 Å². The summed E-state index contributed by atoms with van der Waals surface area (Å²) in [4.78, 5) is 7.35. The lowest BCUT2D eigenvalue weighted by Gasteiger charge is -2.27. The molecule has 0 radical (unpaired) electrons. The van der Waals surface area contributed by atoms with Crippen molar-refractivity contribution in [2.45, 2.75) is 31.1 Å². The lowest BCUT2D eigenvalue weighted by Crippen LogP contribution is -2.44. The summed E-state index contributed by atoms with van der Waals surface area (Å²) >= 11 is 6.36. The van der Waals surface area contributed by atoms with E-state index in [0.29, 0.717) is 26.9 Å². The Labute approximate surface area is 144 Å². The number of fused-ring (bicyclic) bond motifs is 1. The molecule has 0 aliphatic carbocycles. The lowest BCUT2D eigenvalue weighted by molar-refractivity contribution is 0.227. The Morgan fingerprint density at radius 3 is 2.48 bits per heavy atom. The SMILES string of the molecule is CN1CCN([SH+](=O)c2c(Cl)ccc3nc(C(C)(C)C)oc23)CC1. The summed E-state index contributed by atoms with van der Waals surface area (Å²) in [7, 11) is 0.309. The summed E-state index contributed by atoms with van der Waals surface area (Å²) in [5, 5.41) is 0.481. The molecule has 23 heavy (non-hydrogen) atoms. The van der Waals surface area contributed by atoms with E-state index >= 15 is 0 Å². The summed E-state index contributed by atoms with van der Waals surface area (Å²) < 4.78 is 21.0. The number of aromatic nitrogens is 1. The van der Waals surface area contributed by atoms with Gasteiger partial charge in [0.25, 0.3) is 0 Å². The van der Waals surface area contributed by atoms with Crippen LogP contribution in [0.2, 0.25) is 5.02 Å². The highest BCUT2D eigenvalue weighted by atomic mass is 35.5. The Kier molecular flexibility index (Phi) is 4.53. The van der Waals surface area contributed by atoms with E-state index in [9.17, 15) is 4.21 Å². The van der Waals surface area contributed by atoms with Crippen molar-refractivity contribution in [3.63, 3.8) is 0 Å². The number of rotatable bonds is 2. The van der Waals surface area contributed by atoms with Gasteiger partial charge in [-0.25, -0.2) is 4.98 Å². The Hall–Kier alpha value is -0.950. The van der Waals surface area contributed by atoms with Gasteiger partial charge in [0.1, 0.15) is 10.5 Å². The minimum Gasteiger partial charge on any atom is -0.435 e. The smallest absolute Gasteiger partial charge is 0.238 e. The van der Waals surface area contributed by atoms with Gasteiger partial charge in [-0.05, 0) is 19.2 Å². The third-order valence-electron chi connectivity index (χ3n) is 4.05. The average Bonchev–Trinajstić information content (AvgIpc) is 2.91. The van der Waals surface area contributed by atoms with E-state index in [1.54, 1.807) is 6.07 Å². The highest BCUT2D eigenvalue weighted by Gasteiger charge is 2.32. The monoisotopic (exact) mass is 356 g/mol. The van der Waals surface area contributed by atoms with Crippen LogP contribution in [0.1, 0.15) is 26.7 Å². The van der Waals surface area contributed by atoms with Gasteiger partial charge in [-0.3, -0.25) is 0 Å². The average molecular weight is 357 g/mol. The number of likely N-dealkylation sites (N-methyl/N-ethyl adjacent to an activating group) is 1. The van der Waals surface area contributed by atoms with Crippen molar-refractivity contribution in [2.75, 3.05) is 33.2 Å². The van der Waals surface area contributed by atoms with Gasteiger partial charge in [-0.1, -0.05) is 36.6 Å². The molecule has 1 aliphatic heterocycles. The number of hydrogen-bond donors (Lipinski definition) is 0. The normalized spacial score (nSPS) is 19.3. The van der Waals surface area contributed by atoms with Crippen LogP contribution in [0.25, 0.3) is 11.1 Å². The highest BCUT2D eigenvalue weighted by Crippen LogP contribution is 2.34. The predicted octanol–water partition coefficient (Wildman–Crippen LogP) is 3.00. The van der Waals surface area contributed by atoms with Crippen LogP contribution in [0.5, 0.6) is 0 Å². The van der Waals surface area contributed by atoms with Crippen LogP contribution in [0.3, 0.4) is 0 Å². The first-order valence-electron chi connectivity index (χ1n) is 7.77. The summed E-state index contributed by atoms with van der Waals surface area (Å²) in [6.45, 7) is 9.45. The van der Waals surface area contributed by atoms with E-state index in [1.165, 1.54) is 0 Å². The van der Waals surface area contributed by atoms with E-state index in [-0.39, 0.29) is 5.41 Å². The Balaban J connectivity index is 2.04. The molecule has 3 rings (SSSR count). The van der Waals surface area contributed by atoms with Crippen LogP contribution >= 0.6 is 11.6 Å². The first-order chi connectivity index (χ1) is 10.8. The van der Waals surface area contributed by atoms with Crippen molar-refractivity contribution in [3.8, 4) is 0 Å². The molecule has 0 N–H and O–H groups in total. The number of hydrogen-bond acceptors (Lipinski definition) is 4. The first-order valence-corrected chi connectivity index (χ1v) is 9.36. The fourth-order valence-corrected chi connectivity index (χ4v) is 4.35. The van der Waals surface area contributed by atoms with Gasteiger partial charge in [-0.2, -0.15) is 0 Å². The maximum atomic E-state index is 13.1. The second-order valence-electron chi connectivity index (χ2n) is 7.04. The molecule has 1 atom stereocenters. The van der Waals surface area contributed by atoms with E-state index in [2.05, 4.69) is 16.9 Å². The quantitative estimate of drug-likeness (QED) is 0.613. The fourth-order valence-electron chi connectivity index (χ4n) is 2.57. The molecule has 1 aliphatic rings. The van der Waals surface area contributed by atoms with E-state index < -0.39 is 11.0 Å². The van der Waals surface area contributed by atoms with Gasteiger partial charge in [0.05, 0.1) is 13.1 Å². The molecule has 0 amide bonds. The Morgan fingerprint density at radius 2 is 1.87 bits per heavy atom. The van der Waals surface area contributed by atoms with Crippen molar-refractivity contribution in [1.29, 1.82) is 0 Å². The minimum absolute atomic E-state index is 0.206. The second kappa shape index (κ2) is 6.16. The Bertz CT molecular complexity index is 746. The van der Waals surface area contributed by atoms with Crippen LogP contribution in [0.15, 0.2) is 21.4 Å². The van der Waals surface area contributed by atoms with Gasteiger partial charge in [0, 0.05) is 18.5 Å². The van der Waals surface area contributed by atoms with Crippen LogP contribution in [0.4, 0.5) is 0 Å². The number of nitrogens with zero attached hydrogens (tertiary/aromatic N) is 3. The van der Waals surface area contributed by atoms with Gasteiger partial charge >= 0.3 is 0 Å². The maximum Gasteiger partial charge on any atom is 0.238 e. The zero-order chi connectivity index (χ0) is 16.8. The number of piperazine rings is 1. The molecule has 0 saturated carbocycles. The molecule has 126 valence electrons. The third kappa shape index (κ3) is 3.31. The molecule has 0 bridgehead atoms. The predicted molar refractivity (Wildman–Crippen MR) is 94.5 cm³/mol. The number of benzene rings is 1. The zero-order valence-electron chi connectivity index (χ0n) is 14.0. The lowest BCUT2D eigenvalue weighted by atomic mass is 9.97. The molecule has 0 spiro atoms. The van der Waals surface area contributed by atoms with E-state index in [0.717, 1.165) is 26.2 Å². The van der Waals surface area contributed by atoms with Crippen molar-refractivity contribution < 1.29 is 8.63 Å². The van der Waals surface area contributed by atoms with Crippen molar-refractivity contribution in [3.05, 3.63) is 23.0 Å². The third-order valence-corrected chi connectivity index (χ3v) is 6.24. The number of thiol groups is 1. The zero-order valence-corrected chi connectivity index (χ0v) is 15.6. The molecule has 2 heterocycles. The maximum absolute atomic E-state index is 13.1. The second-order valence-corrected chi connectivity index (χ2v) is 9.01. The standard InChI is InChI=1S/C16H22ClN3O2S/c1-16(2,3)15-18-12-6-5-11(17)14(13(12)22-15)23(21)20-9-7-19(4)8-10-20/h5-6H,7-10H2,1-4H3/p+1. The molecule has 2 aromatic rings. The highest BCUT2D eigenvalue weighted by molar-refractivity contribution is 7.83. The Morgan fingerprint density at radius 1 is 1.22 bits per heavy atom. The number of halogens is 1. The van der Waals surface area contributed by atoms with E-state index in [1.807, 2.05) is 31.1 Å². The van der Waals surface area contributed by atoms with Gasteiger partial charge < -0.3 is 9.32 Å². The first kappa shape index (κ1) is 16.9. The van der Waals surface area contributed by atoms with Crippen molar-refractivity contribution >= 4 is 33.7 Å². The van der Waals surface area contributed by atoms with Crippen molar-refractivity contribution in [2.24, 2.45) is 0 Å². The fraction of sp³-hybridized carbons (Fsp3) is 0.562. The summed E-state index contributed by atoms with van der Waals surface area (Å²) in [5.74, 6) is 0.637. The summed E-state index contributed by atoms with van der Waals surface area (Å²) in [6, 6.07) is 3.59. The van der Waals surface area contributed by atoms with Gasteiger partial charge in [0.15, 0.2) is 11.0 Å². The van der Waals surface area contributed by atoms with Crippen molar-refractivity contribution in [1.82, 2.24) is 14.2 Å². The summed E-state index contributed by atoms with van der Waals surface area (Å²) in [5.41, 5.74) is 1.07. The van der Waals surface area contributed by atoms with Crippen LogP contribution < -0.4 is 0 Å². The molecule has 1 aromatic heterocycles. The summed E-state index contributed by atoms with van der Waals surface area (Å²) in [6.07, 6.45) is 0. The van der Waals surface area contributed by atoms with Gasteiger partial charge in [-0.15, -0.1) is 4.31 Å². The largest absolute Gasteiger partial charge is 0.435 e. The van der Waals surface area contributed by atoms with Crippen LogP contribution in [-0.4, -0.2) is 47.4 Å². The molecular formula is C16H23ClN3O2S+. The minimum atomic E-state index is -1.77. The van der Waals surface area contributed by atoms with E-state index in [4.69, 9.17) is 16.0 Å². The molecule has 7 heteroatoms. The molecule has 5 nitrogen and oxygen atoms in total. The molecule has 1 saturated heterocycles. The van der Waals surface area contributed by atoms with Gasteiger partial charge in [0.2, 0.25) is 16.4 Å². The molecule has 1 unspecified atom stereocenters. The molecule has 1 aromatic carbocycles. The number of oxazole rings is 1. The molecular weight excluding hydrogens is 334 g/mol. The molecule has 1 fully saturated rings. The van der Waals surface area contributed by atoms with Crippen LogP contribution in [-0.2, 0) is 20.6 Å².